The van der Waals surface area contributed by atoms with Gasteiger partial charge in [-0.15, -0.1) is 0 Å². The largest absolute Gasteiger partial charge is 0.273 e. The van der Waals surface area contributed by atoms with Crippen molar-refractivity contribution in [3.63, 3.8) is 0 Å². The Bertz CT molecular complexity index is 295. The average Bonchev–Trinajstić information content (AvgIpc) is 2.44. The summed E-state index contributed by atoms with van der Waals surface area (Å²) in [4.78, 5) is 22.7. The van der Waals surface area contributed by atoms with Gasteiger partial charge in [0.1, 0.15) is 0 Å². The second kappa shape index (κ2) is 13.7. The molecule has 6 nitrogen and oxygen atoms in total. The Morgan fingerprint density at radius 2 is 1.25 bits per heavy atom. The van der Waals surface area contributed by atoms with E-state index in [1.54, 1.807) is 12.4 Å². The number of nitrogens with one attached hydrogen (secondary N) is 2. The van der Waals surface area contributed by atoms with E-state index in [1.807, 2.05) is 13.8 Å². The van der Waals surface area contributed by atoms with Gasteiger partial charge in [0.05, 0.1) is 0 Å². The molecule has 0 aromatic rings. The molecular weight excluding hydrogens is 256 g/mol. The van der Waals surface area contributed by atoms with Gasteiger partial charge in [-0.3, -0.25) is 9.59 Å². The minimum atomic E-state index is -0.112. The van der Waals surface area contributed by atoms with Crippen LogP contribution in [0.2, 0.25) is 0 Å². The molecule has 2 N–H and O–H groups in total. The summed E-state index contributed by atoms with van der Waals surface area (Å²) in [7, 11) is 0. The van der Waals surface area contributed by atoms with E-state index >= 15 is 0 Å². The van der Waals surface area contributed by atoms with E-state index < -0.39 is 0 Å². The van der Waals surface area contributed by atoms with Gasteiger partial charge >= 0.3 is 0 Å². The van der Waals surface area contributed by atoms with Crippen molar-refractivity contribution in [1.82, 2.24) is 10.9 Å². The molecule has 0 rings (SSSR count). The maximum Gasteiger partial charge on any atom is 0.240 e. The minimum absolute atomic E-state index is 0.112. The topological polar surface area (TPSA) is 82.9 Å². The molecule has 0 aromatic heterocycles. The van der Waals surface area contributed by atoms with Crippen molar-refractivity contribution in [2.45, 2.75) is 65.2 Å². The third-order valence-corrected chi connectivity index (χ3v) is 2.45. The summed E-state index contributed by atoms with van der Waals surface area (Å²) in [5, 5.41) is 7.62. The highest BCUT2D eigenvalue weighted by atomic mass is 16.2. The van der Waals surface area contributed by atoms with Crippen LogP contribution in [0.15, 0.2) is 10.2 Å². The summed E-state index contributed by atoms with van der Waals surface area (Å²) in [6.45, 7) is 4.09. The first-order chi connectivity index (χ1) is 9.70. The van der Waals surface area contributed by atoms with Crippen molar-refractivity contribution in [1.29, 1.82) is 0 Å². The highest BCUT2D eigenvalue weighted by Gasteiger charge is 2.02. The first-order valence-electron chi connectivity index (χ1n) is 7.31. The van der Waals surface area contributed by atoms with Crippen molar-refractivity contribution < 1.29 is 9.59 Å². The molecule has 0 fully saturated rings. The first kappa shape index (κ1) is 18.3. The van der Waals surface area contributed by atoms with E-state index in [1.165, 1.54) is 0 Å². The van der Waals surface area contributed by atoms with Crippen molar-refractivity contribution in [2.24, 2.45) is 10.2 Å². The number of unbranched alkanes of at least 4 members (excludes halogenated alkanes) is 3. The van der Waals surface area contributed by atoms with E-state index in [0.717, 1.165) is 25.7 Å². The Kier molecular flexibility index (Phi) is 12.5. The van der Waals surface area contributed by atoms with Gasteiger partial charge in [0.25, 0.3) is 0 Å². The van der Waals surface area contributed by atoms with E-state index in [-0.39, 0.29) is 11.8 Å². The Hall–Kier alpha value is -1.72. The van der Waals surface area contributed by atoms with Crippen molar-refractivity contribution in [2.75, 3.05) is 0 Å². The number of carbonyl (C=O) groups excluding carboxylic acids is 2. The van der Waals surface area contributed by atoms with Crippen LogP contribution < -0.4 is 10.9 Å². The van der Waals surface area contributed by atoms with Crippen molar-refractivity contribution in [3.05, 3.63) is 0 Å². The Labute approximate surface area is 121 Å². The second-order valence-electron chi connectivity index (χ2n) is 4.48. The molecule has 0 atom stereocenters. The quantitative estimate of drug-likeness (QED) is 0.346. The molecule has 0 bridgehead atoms. The van der Waals surface area contributed by atoms with Gasteiger partial charge in [-0.05, 0) is 25.7 Å². The highest BCUT2D eigenvalue weighted by molar-refractivity contribution is 5.77. The SMILES string of the molecule is CCCC=NNC(=O)CCCCC(=O)NN=CCCC. The fourth-order valence-electron chi connectivity index (χ4n) is 1.31. The monoisotopic (exact) mass is 282 g/mol. The van der Waals surface area contributed by atoms with Gasteiger partial charge in [0.2, 0.25) is 11.8 Å². The molecule has 0 heterocycles. The van der Waals surface area contributed by atoms with Crippen molar-refractivity contribution >= 4 is 24.2 Å². The molecule has 6 heteroatoms. The van der Waals surface area contributed by atoms with Crippen LogP contribution in [0.3, 0.4) is 0 Å². The number of amides is 2. The summed E-state index contributed by atoms with van der Waals surface area (Å²) in [5.74, 6) is -0.225. The lowest BCUT2D eigenvalue weighted by atomic mass is 10.2. The van der Waals surface area contributed by atoms with E-state index in [0.29, 0.717) is 25.7 Å². The third kappa shape index (κ3) is 12.7. The molecular formula is C14H26N4O2. The van der Waals surface area contributed by atoms with Gasteiger partial charge < -0.3 is 0 Å². The summed E-state index contributed by atoms with van der Waals surface area (Å²) < 4.78 is 0. The lowest BCUT2D eigenvalue weighted by molar-refractivity contribution is -0.123. The summed E-state index contributed by atoms with van der Waals surface area (Å²) in [6, 6.07) is 0. The van der Waals surface area contributed by atoms with Crippen molar-refractivity contribution in [3.8, 4) is 0 Å². The van der Waals surface area contributed by atoms with E-state index in [2.05, 4.69) is 21.1 Å². The standard InChI is InChI=1S/C14H26N4O2/c1-3-5-11-15-17-13(19)9-7-8-10-14(20)18-16-12-6-4-2/h11-12H,3-10H2,1-2H3,(H,17,19)(H,18,20). The number of rotatable bonds is 11. The van der Waals surface area contributed by atoms with Crippen LogP contribution in [0.4, 0.5) is 0 Å². The molecule has 0 aliphatic heterocycles. The predicted octanol–water partition coefficient (Wildman–Crippen LogP) is 2.35. The van der Waals surface area contributed by atoms with E-state index in [9.17, 15) is 9.59 Å². The van der Waals surface area contributed by atoms with Gasteiger partial charge in [-0.2, -0.15) is 10.2 Å². The molecule has 0 aliphatic rings. The number of carbonyl (C=O) groups is 2. The zero-order valence-corrected chi connectivity index (χ0v) is 12.5. The van der Waals surface area contributed by atoms with Crippen LogP contribution >= 0.6 is 0 Å². The van der Waals surface area contributed by atoms with Crippen LogP contribution in [-0.4, -0.2) is 24.2 Å². The molecule has 0 saturated heterocycles. The molecule has 114 valence electrons. The highest BCUT2D eigenvalue weighted by Crippen LogP contribution is 1.99. The lowest BCUT2D eigenvalue weighted by Gasteiger charge is -2.00. The zero-order chi connectivity index (χ0) is 15.1. The van der Waals surface area contributed by atoms with Crippen LogP contribution in [0, 0.1) is 0 Å². The van der Waals surface area contributed by atoms with Crippen LogP contribution in [0.5, 0.6) is 0 Å². The Morgan fingerprint density at radius 3 is 1.60 bits per heavy atom. The molecule has 0 saturated carbocycles. The van der Waals surface area contributed by atoms with Crippen LogP contribution in [0.1, 0.15) is 65.2 Å². The number of hydrazone groups is 2. The Balaban J connectivity index is 3.50. The number of hydrogen-bond acceptors (Lipinski definition) is 4. The number of nitrogens with zero attached hydrogens (tertiary/aromatic N) is 2. The Morgan fingerprint density at radius 1 is 0.850 bits per heavy atom. The summed E-state index contributed by atoms with van der Waals surface area (Å²) in [6.07, 6.45) is 9.23. The van der Waals surface area contributed by atoms with Gasteiger partial charge in [-0.1, -0.05) is 26.7 Å². The summed E-state index contributed by atoms with van der Waals surface area (Å²) >= 11 is 0. The molecule has 0 aliphatic carbocycles. The molecule has 2 amide bonds. The molecule has 0 radical (unpaired) electrons. The normalized spacial score (nSPS) is 11.1. The third-order valence-electron chi connectivity index (χ3n) is 2.45. The molecule has 0 aromatic carbocycles. The van der Waals surface area contributed by atoms with Gasteiger partial charge in [0.15, 0.2) is 0 Å². The van der Waals surface area contributed by atoms with Crippen LogP contribution in [0.25, 0.3) is 0 Å². The molecule has 20 heavy (non-hydrogen) atoms. The smallest absolute Gasteiger partial charge is 0.240 e. The maximum absolute atomic E-state index is 11.3. The fraction of sp³-hybridized carbons (Fsp3) is 0.714. The summed E-state index contributed by atoms with van der Waals surface area (Å²) in [5.41, 5.74) is 4.92. The maximum atomic E-state index is 11.3. The fourth-order valence-corrected chi connectivity index (χ4v) is 1.31. The molecule has 0 spiro atoms. The van der Waals surface area contributed by atoms with E-state index in [4.69, 9.17) is 0 Å². The minimum Gasteiger partial charge on any atom is -0.273 e. The lowest BCUT2D eigenvalue weighted by Crippen LogP contribution is -2.18. The number of hydrogen-bond donors (Lipinski definition) is 2. The van der Waals surface area contributed by atoms with Gasteiger partial charge in [-0.25, -0.2) is 10.9 Å². The second-order valence-corrected chi connectivity index (χ2v) is 4.48. The van der Waals surface area contributed by atoms with Gasteiger partial charge in [0, 0.05) is 25.3 Å². The zero-order valence-electron chi connectivity index (χ0n) is 12.5. The predicted molar refractivity (Wildman–Crippen MR) is 81.6 cm³/mol. The molecule has 0 unspecified atom stereocenters. The average molecular weight is 282 g/mol. The van der Waals surface area contributed by atoms with Crippen LogP contribution in [-0.2, 0) is 9.59 Å². The first-order valence-corrected chi connectivity index (χ1v) is 7.31.